The fraction of sp³-hybridized carbons (Fsp3) is 0.867. The second-order valence-corrected chi connectivity index (χ2v) is 9.52. The summed E-state index contributed by atoms with van der Waals surface area (Å²) in [4.78, 5) is 19.7. The van der Waals surface area contributed by atoms with E-state index >= 15 is 0 Å². The van der Waals surface area contributed by atoms with Gasteiger partial charge in [0, 0.05) is 39.6 Å². The molecule has 0 spiro atoms. The maximum absolute atomic E-state index is 12.1. The van der Waals surface area contributed by atoms with Gasteiger partial charge in [-0.15, -0.1) is 0 Å². The van der Waals surface area contributed by atoms with Crippen LogP contribution in [0.1, 0.15) is 34.6 Å². The molecule has 1 amide bonds. The van der Waals surface area contributed by atoms with Crippen molar-refractivity contribution in [3.05, 3.63) is 0 Å². The minimum absolute atomic E-state index is 0.0405. The topological polar surface area (TPSA) is 82.1 Å². The largest absolute Gasteiger partial charge is 0.357 e. The van der Waals surface area contributed by atoms with Crippen molar-refractivity contribution >= 4 is 21.7 Å². The van der Waals surface area contributed by atoms with Crippen LogP contribution in [0.5, 0.6) is 0 Å². The molecule has 1 rings (SSSR count). The van der Waals surface area contributed by atoms with Gasteiger partial charge >= 0.3 is 0 Å². The Kier molecular flexibility index (Phi) is 6.85. The zero-order valence-electron chi connectivity index (χ0n) is 14.9. The van der Waals surface area contributed by atoms with Gasteiger partial charge in [0.25, 0.3) is 0 Å². The van der Waals surface area contributed by atoms with Gasteiger partial charge in [-0.05, 0) is 27.7 Å². The fourth-order valence-corrected chi connectivity index (χ4v) is 3.18. The fourth-order valence-electron chi connectivity index (χ4n) is 2.24. The lowest BCUT2D eigenvalue weighted by atomic mass is 10.3. The monoisotopic (exact) mass is 346 g/mol. The number of rotatable bonds is 4. The van der Waals surface area contributed by atoms with Crippen LogP contribution in [0.2, 0.25) is 0 Å². The highest BCUT2D eigenvalue weighted by Gasteiger charge is 2.28. The van der Waals surface area contributed by atoms with Crippen molar-refractivity contribution in [2.24, 2.45) is 4.99 Å². The van der Waals surface area contributed by atoms with Crippen LogP contribution in [0.4, 0.5) is 0 Å². The van der Waals surface area contributed by atoms with Crippen LogP contribution in [0, 0.1) is 0 Å². The van der Waals surface area contributed by atoms with Crippen LogP contribution in [0.3, 0.4) is 0 Å². The zero-order valence-corrected chi connectivity index (χ0v) is 15.7. The molecule has 0 bridgehead atoms. The van der Waals surface area contributed by atoms with Crippen molar-refractivity contribution in [3.63, 3.8) is 0 Å². The first-order chi connectivity index (χ1) is 10.6. The van der Waals surface area contributed by atoms with Gasteiger partial charge in [0.15, 0.2) is 15.8 Å². The summed E-state index contributed by atoms with van der Waals surface area (Å²) in [5.41, 5.74) is 0. The van der Waals surface area contributed by atoms with Crippen molar-refractivity contribution in [1.29, 1.82) is 0 Å². The minimum atomic E-state index is -3.17. The van der Waals surface area contributed by atoms with Crippen LogP contribution in [0.15, 0.2) is 4.99 Å². The van der Waals surface area contributed by atoms with Crippen molar-refractivity contribution in [2.75, 3.05) is 45.0 Å². The Labute approximate surface area is 140 Å². The van der Waals surface area contributed by atoms with E-state index in [0.717, 1.165) is 12.5 Å². The molecule has 0 radical (unpaired) electrons. The highest BCUT2D eigenvalue weighted by Crippen LogP contribution is 2.15. The average Bonchev–Trinajstić information content (AvgIpc) is 2.45. The summed E-state index contributed by atoms with van der Waals surface area (Å²) >= 11 is 0. The Morgan fingerprint density at radius 1 is 1.13 bits per heavy atom. The summed E-state index contributed by atoms with van der Waals surface area (Å²) < 4.78 is 23.5. The minimum Gasteiger partial charge on any atom is -0.357 e. The Morgan fingerprint density at radius 2 is 1.65 bits per heavy atom. The first-order valence-electron chi connectivity index (χ1n) is 8.09. The molecular formula is C15H30N4O3S. The molecule has 134 valence electrons. The summed E-state index contributed by atoms with van der Waals surface area (Å²) in [6, 6.07) is 0. The molecule has 0 aromatic rings. The first-order valence-corrected chi connectivity index (χ1v) is 9.75. The van der Waals surface area contributed by atoms with E-state index in [1.165, 1.54) is 0 Å². The van der Waals surface area contributed by atoms with Gasteiger partial charge in [0.1, 0.15) is 0 Å². The lowest BCUT2D eigenvalue weighted by Gasteiger charge is -2.36. The van der Waals surface area contributed by atoms with Gasteiger partial charge in [-0.25, -0.2) is 8.42 Å². The summed E-state index contributed by atoms with van der Waals surface area (Å²) in [7, 11) is -3.17. The summed E-state index contributed by atoms with van der Waals surface area (Å²) in [6.45, 7) is 12.4. The smallest absolute Gasteiger partial charge is 0.219 e. The van der Waals surface area contributed by atoms with E-state index in [9.17, 15) is 13.2 Å². The summed E-state index contributed by atoms with van der Waals surface area (Å²) in [6.07, 6.45) is 0. The molecule has 1 fully saturated rings. The molecule has 7 nitrogen and oxygen atoms in total. The SMILES string of the molecule is CCNC(=NCCS(=O)(=O)C(C)(C)C)N1CCN(C(C)=O)CC1. The van der Waals surface area contributed by atoms with Crippen LogP contribution in [-0.4, -0.2) is 79.9 Å². The molecule has 0 unspecified atom stereocenters. The maximum atomic E-state index is 12.1. The number of carbonyl (C=O) groups excluding carboxylic acids is 1. The highest BCUT2D eigenvalue weighted by atomic mass is 32.2. The van der Waals surface area contributed by atoms with Gasteiger partial charge in [-0.2, -0.15) is 0 Å². The van der Waals surface area contributed by atoms with Crippen molar-refractivity contribution in [2.45, 2.75) is 39.4 Å². The number of hydrogen-bond acceptors (Lipinski definition) is 4. The lowest BCUT2D eigenvalue weighted by Crippen LogP contribution is -2.53. The molecule has 1 aliphatic heterocycles. The Morgan fingerprint density at radius 3 is 2.09 bits per heavy atom. The van der Waals surface area contributed by atoms with Crippen LogP contribution in [0.25, 0.3) is 0 Å². The van der Waals surface area contributed by atoms with E-state index in [4.69, 9.17) is 0 Å². The molecule has 0 atom stereocenters. The number of nitrogens with zero attached hydrogens (tertiary/aromatic N) is 3. The molecule has 1 N–H and O–H groups in total. The lowest BCUT2D eigenvalue weighted by molar-refractivity contribution is -0.130. The molecular weight excluding hydrogens is 316 g/mol. The van der Waals surface area contributed by atoms with Gasteiger partial charge in [0.05, 0.1) is 17.0 Å². The van der Waals surface area contributed by atoms with Crippen molar-refractivity contribution < 1.29 is 13.2 Å². The average molecular weight is 346 g/mol. The number of piperazine rings is 1. The molecule has 1 aliphatic rings. The van der Waals surface area contributed by atoms with Gasteiger partial charge in [-0.3, -0.25) is 9.79 Å². The van der Waals surface area contributed by atoms with E-state index in [-0.39, 0.29) is 18.2 Å². The van der Waals surface area contributed by atoms with Gasteiger partial charge < -0.3 is 15.1 Å². The third kappa shape index (κ3) is 5.67. The standard InChI is InChI=1S/C15H30N4O3S/c1-6-16-14(17-7-12-23(21,22)15(3,4)5)19-10-8-18(9-11-19)13(2)20/h6-12H2,1-5H3,(H,16,17). The summed E-state index contributed by atoms with van der Waals surface area (Å²) in [5, 5.41) is 3.20. The maximum Gasteiger partial charge on any atom is 0.219 e. The van der Waals surface area contributed by atoms with Gasteiger partial charge in [-0.1, -0.05) is 0 Å². The Hall–Kier alpha value is -1.31. The van der Waals surface area contributed by atoms with Crippen LogP contribution < -0.4 is 5.32 Å². The molecule has 23 heavy (non-hydrogen) atoms. The number of carbonyl (C=O) groups is 1. The van der Waals surface area contributed by atoms with Gasteiger partial charge in [0.2, 0.25) is 5.91 Å². The molecule has 1 saturated heterocycles. The van der Waals surface area contributed by atoms with E-state index in [2.05, 4.69) is 15.2 Å². The van der Waals surface area contributed by atoms with E-state index in [1.54, 1.807) is 27.7 Å². The Balaban J connectivity index is 2.67. The predicted molar refractivity (Wildman–Crippen MR) is 93.3 cm³/mol. The van der Waals surface area contributed by atoms with Crippen molar-refractivity contribution in [3.8, 4) is 0 Å². The number of guanidine groups is 1. The van der Waals surface area contributed by atoms with E-state index in [0.29, 0.717) is 26.2 Å². The third-order valence-corrected chi connectivity index (χ3v) is 6.50. The first kappa shape index (κ1) is 19.7. The highest BCUT2D eigenvalue weighted by molar-refractivity contribution is 7.92. The number of aliphatic imine (C=N–C) groups is 1. The molecule has 0 aromatic heterocycles. The van der Waals surface area contributed by atoms with E-state index in [1.807, 2.05) is 11.8 Å². The van der Waals surface area contributed by atoms with E-state index < -0.39 is 14.6 Å². The number of nitrogens with one attached hydrogen (secondary N) is 1. The molecule has 1 heterocycles. The zero-order chi connectivity index (χ0) is 17.7. The second-order valence-electron chi connectivity index (χ2n) is 6.66. The van der Waals surface area contributed by atoms with Crippen LogP contribution >= 0.6 is 0 Å². The predicted octanol–water partition coefficient (Wildman–Crippen LogP) is 0.329. The van der Waals surface area contributed by atoms with Crippen LogP contribution in [-0.2, 0) is 14.6 Å². The van der Waals surface area contributed by atoms with Crippen molar-refractivity contribution in [1.82, 2.24) is 15.1 Å². The molecule has 0 aromatic carbocycles. The molecule has 0 saturated carbocycles. The third-order valence-electron chi connectivity index (χ3n) is 3.91. The second kappa shape index (κ2) is 7.99. The normalized spacial score (nSPS) is 17.3. The molecule has 0 aliphatic carbocycles. The quantitative estimate of drug-likeness (QED) is 0.586. The number of hydrogen-bond donors (Lipinski definition) is 1. The Bertz CT molecular complexity index is 529. The number of amides is 1. The molecule has 8 heteroatoms. The summed E-state index contributed by atoms with van der Waals surface area (Å²) in [5.74, 6) is 0.849. The number of sulfone groups is 1.